The Morgan fingerprint density at radius 3 is 3.00 bits per heavy atom. The van der Waals surface area contributed by atoms with Gasteiger partial charge in [-0.1, -0.05) is 0 Å². The maximum absolute atomic E-state index is 5.93. The minimum atomic E-state index is 0.346. The number of nitrogens with one attached hydrogen (secondary N) is 2. The molecule has 4 heterocycles. The van der Waals surface area contributed by atoms with Crippen LogP contribution in [0.3, 0.4) is 0 Å². The quantitative estimate of drug-likeness (QED) is 0.829. The number of hydrogen-bond acceptors (Lipinski definition) is 7. The number of ether oxygens (including phenoxy) is 2. The van der Waals surface area contributed by atoms with Crippen molar-refractivity contribution in [2.45, 2.75) is 32.2 Å². The summed E-state index contributed by atoms with van der Waals surface area (Å²) >= 11 is 0. The second-order valence-corrected chi connectivity index (χ2v) is 6.07. The van der Waals surface area contributed by atoms with Crippen LogP contribution < -0.4 is 15.4 Å². The molecule has 1 saturated heterocycles. The Kier molecular flexibility index (Phi) is 4.20. The van der Waals surface area contributed by atoms with E-state index in [2.05, 4.69) is 32.2 Å². The van der Waals surface area contributed by atoms with E-state index in [0.717, 1.165) is 56.2 Å². The first-order valence-corrected chi connectivity index (χ1v) is 8.45. The van der Waals surface area contributed by atoms with Crippen LogP contribution in [-0.2, 0) is 4.74 Å². The van der Waals surface area contributed by atoms with Crippen molar-refractivity contribution in [1.82, 2.24) is 19.7 Å². The van der Waals surface area contributed by atoms with Crippen LogP contribution in [0.5, 0.6) is 5.88 Å². The van der Waals surface area contributed by atoms with E-state index in [1.165, 1.54) is 0 Å². The van der Waals surface area contributed by atoms with Crippen molar-refractivity contribution in [3.05, 3.63) is 18.0 Å². The van der Waals surface area contributed by atoms with E-state index in [1.54, 1.807) is 6.20 Å². The van der Waals surface area contributed by atoms with Crippen LogP contribution in [0.15, 0.2) is 12.3 Å². The smallest absolute Gasteiger partial charge is 0.257 e. The predicted octanol–water partition coefficient (Wildman–Crippen LogP) is 2.27. The van der Waals surface area contributed by atoms with E-state index < -0.39 is 0 Å². The molecule has 2 aromatic rings. The summed E-state index contributed by atoms with van der Waals surface area (Å²) in [6.07, 6.45) is 4.56. The van der Waals surface area contributed by atoms with Gasteiger partial charge in [-0.15, -0.1) is 5.10 Å². The third-order valence-corrected chi connectivity index (χ3v) is 4.41. The second kappa shape index (κ2) is 6.64. The van der Waals surface area contributed by atoms with Gasteiger partial charge in [0.25, 0.3) is 5.88 Å². The highest BCUT2D eigenvalue weighted by atomic mass is 16.5. The number of fused-ring (bicyclic) bond motifs is 3. The van der Waals surface area contributed by atoms with E-state index in [1.807, 2.05) is 6.07 Å². The van der Waals surface area contributed by atoms with Crippen LogP contribution >= 0.6 is 0 Å². The SMILES string of the molecule is Cc1c2c(nn1C1CCOCC1)OCCCNc1ccnc(n1)N2. The first-order chi connectivity index (χ1) is 11.8. The van der Waals surface area contributed by atoms with Crippen molar-refractivity contribution in [1.29, 1.82) is 0 Å². The van der Waals surface area contributed by atoms with Crippen LogP contribution in [0.25, 0.3) is 0 Å². The average molecular weight is 330 g/mol. The lowest BCUT2D eigenvalue weighted by molar-refractivity contribution is 0.0652. The highest BCUT2D eigenvalue weighted by molar-refractivity contribution is 5.64. The summed E-state index contributed by atoms with van der Waals surface area (Å²) in [7, 11) is 0. The fourth-order valence-corrected chi connectivity index (χ4v) is 3.11. The van der Waals surface area contributed by atoms with Crippen LogP contribution in [-0.4, -0.2) is 46.1 Å². The summed E-state index contributed by atoms with van der Waals surface area (Å²) in [5.41, 5.74) is 1.89. The molecule has 8 nitrogen and oxygen atoms in total. The third kappa shape index (κ3) is 3.01. The molecule has 0 saturated carbocycles. The molecule has 2 bridgehead atoms. The lowest BCUT2D eigenvalue weighted by atomic mass is 10.1. The largest absolute Gasteiger partial charge is 0.475 e. The zero-order chi connectivity index (χ0) is 16.4. The molecule has 1 fully saturated rings. The van der Waals surface area contributed by atoms with E-state index in [9.17, 15) is 0 Å². The van der Waals surface area contributed by atoms with E-state index in [4.69, 9.17) is 14.6 Å². The average Bonchev–Trinajstić information content (AvgIpc) is 2.91. The predicted molar refractivity (Wildman–Crippen MR) is 90.0 cm³/mol. The Morgan fingerprint density at radius 1 is 1.25 bits per heavy atom. The Morgan fingerprint density at radius 2 is 2.12 bits per heavy atom. The normalized spacial score (nSPS) is 18.5. The molecule has 0 atom stereocenters. The molecular formula is C16H22N6O2. The lowest BCUT2D eigenvalue weighted by Gasteiger charge is -2.23. The monoisotopic (exact) mass is 330 g/mol. The topological polar surface area (TPSA) is 86.1 Å². The van der Waals surface area contributed by atoms with Gasteiger partial charge in [0, 0.05) is 26.0 Å². The summed E-state index contributed by atoms with van der Waals surface area (Å²) < 4.78 is 13.5. The highest BCUT2D eigenvalue weighted by Crippen LogP contribution is 2.34. The molecule has 0 aliphatic carbocycles. The molecular weight excluding hydrogens is 308 g/mol. The van der Waals surface area contributed by atoms with E-state index in [0.29, 0.717) is 24.5 Å². The Hall–Kier alpha value is -2.35. The number of hydrogen-bond donors (Lipinski definition) is 2. The number of aromatic nitrogens is 4. The van der Waals surface area contributed by atoms with E-state index >= 15 is 0 Å². The van der Waals surface area contributed by atoms with Gasteiger partial charge in [-0.25, -0.2) is 4.98 Å². The van der Waals surface area contributed by atoms with Crippen LogP contribution in [0, 0.1) is 6.92 Å². The van der Waals surface area contributed by atoms with Crippen LogP contribution in [0.1, 0.15) is 31.0 Å². The fourth-order valence-electron chi connectivity index (χ4n) is 3.11. The lowest BCUT2D eigenvalue weighted by Crippen LogP contribution is -2.21. The van der Waals surface area contributed by atoms with Crippen molar-refractivity contribution in [2.24, 2.45) is 0 Å². The van der Waals surface area contributed by atoms with Gasteiger partial charge in [-0.3, -0.25) is 4.68 Å². The molecule has 24 heavy (non-hydrogen) atoms. The zero-order valence-corrected chi connectivity index (χ0v) is 13.8. The molecule has 128 valence electrons. The van der Waals surface area contributed by atoms with Gasteiger partial charge in [-0.05, 0) is 32.3 Å². The van der Waals surface area contributed by atoms with Gasteiger partial charge in [-0.2, -0.15) is 4.98 Å². The summed E-state index contributed by atoms with van der Waals surface area (Å²) in [5.74, 6) is 1.97. The van der Waals surface area contributed by atoms with Crippen molar-refractivity contribution >= 4 is 17.5 Å². The minimum Gasteiger partial charge on any atom is -0.475 e. The number of anilines is 3. The summed E-state index contributed by atoms with van der Waals surface area (Å²) in [6.45, 7) is 5.01. The second-order valence-electron chi connectivity index (χ2n) is 6.07. The van der Waals surface area contributed by atoms with Gasteiger partial charge in [0.15, 0.2) is 0 Å². The molecule has 2 aliphatic heterocycles. The summed E-state index contributed by atoms with van der Waals surface area (Å²) in [6, 6.07) is 2.21. The molecule has 0 radical (unpaired) electrons. The third-order valence-electron chi connectivity index (χ3n) is 4.41. The standard InChI is InChI=1S/C16H22N6O2/c1-11-14-15(21-22(11)12-4-9-23-10-5-12)24-8-2-6-17-13-3-7-18-16(19-13)20-14/h3,7,12H,2,4-6,8-10H2,1H3,(H2,17,18,19,20). The van der Waals surface area contributed by atoms with Gasteiger partial charge in [0.2, 0.25) is 5.95 Å². The molecule has 0 aromatic carbocycles. The molecule has 2 N–H and O–H groups in total. The van der Waals surface area contributed by atoms with Crippen molar-refractivity contribution in [3.8, 4) is 5.88 Å². The minimum absolute atomic E-state index is 0.346. The molecule has 2 aromatic heterocycles. The van der Waals surface area contributed by atoms with Gasteiger partial charge >= 0.3 is 0 Å². The number of rotatable bonds is 1. The first kappa shape index (κ1) is 15.2. The van der Waals surface area contributed by atoms with Crippen LogP contribution in [0.2, 0.25) is 0 Å². The molecule has 2 aliphatic rings. The molecule has 0 unspecified atom stereocenters. The molecule has 0 amide bonds. The van der Waals surface area contributed by atoms with Crippen molar-refractivity contribution in [3.63, 3.8) is 0 Å². The Labute approximate surface area is 140 Å². The van der Waals surface area contributed by atoms with Gasteiger partial charge < -0.3 is 20.1 Å². The van der Waals surface area contributed by atoms with Gasteiger partial charge in [0.1, 0.15) is 11.5 Å². The maximum Gasteiger partial charge on any atom is 0.257 e. The Bertz CT molecular complexity index is 711. The van der Waals surface area contributed by atoms with Crippen molar-refractivity contribution < 1.29 is 9.47 Å². The van der Waals surface area contributed by atoms with Crippen molar-refractivity contribution in [2.75, 3.05) is 37.0 Å². The summed E-state index contributed by atoms with van der Waals surface area (Å²) in [5, 5.41) is 11.3. The molecule has 4 rings (SSSR count). The van der Waals surface area contributed by atoms with Crippen LogP contribution in [0.4, 0.5) is 17.5 Å². The molecule has 8 heteroatoms. The molecule has 0 spiro atoms. The van der Waals surface area contributed by atoms with Gasteiger partial charge in [0.05, 0.1) is 18.3 Å². The summed E-state index contributed by atoms with van der Waals surface area (Å²) in [4.78, 5) is 8.79. The number of nitrogens with zero attached hydrogens (tertiary/aromatic N) is 4. The first-order valence-electron chi connectivity index (χ1n) is 8.45. The maximum atomic E-state index is 5.93. The van der Waals surface area contributed by atoms with E-state index in [-0.39, 0.29) is 0 Å². The fraction of sp³-hybridized carbons (Fsp3) is 0.562. The highest BCUT2D eigenvalue weighted by Gasteiger charge is 2.24. The zero-order valence-electron chi connectivity index (χ0n) is 13.8. The Balaban J connectivity index is 1.70.